The van der Waals surface area contributed by atoms with Crippen molar-refractivity contribution < 1.29 is 0 Å². The third-order valence-electron chi connectivity index (χ3n) is 3.11. The molecule has 0 atom stereocenters. The fourth-order valence-corrected chi connectivity index (χ4v) is 2.13. The van der Waals surface area contributed by atoms with Crippen LogP contribution in [-0.4, -0.2) is 16.5 Å². The van der Waals surface area contributed by atoms with E-state index in [0.29, 0.717) is 12.5 Å². The van der Waals surface area contributed by atoms with E-state index in [2.05, 4.69) is 15.3 Å². The number of nitrogens with zero attached hydrogens (tertiary/aromatic N) is 2. The third-order valence-corrected chi connectivity index (χ3v) is 3.11. The summed E-state index contributed by atoms with van der Waals surface area (Å²) in [6.07, 6.45) is 3.40. The molecular weight excluding hydrogens is 188 g/mol. The molecule has 2 aliphatic rings. The Morgan fingerprint density at radius 3 is 2.87 bits per heavy atom. The maximum absolute atomic E-state index is 5.62. The van der Waals surface area contributed by atoms with Gasteiger partial charge in [0.05, 0.1) is 11.4 Å². The zero-order valence-electron chi connectivity index (χ0n) is 8.79. The Kier molecular flexibility index (Phi) is 2.18. The molecule has 0 saturated heterocycles. The summed E-state index contributed by atoms with van der Waals surface area (Å²) in [7, 11) is 0. The molecular formula is C11H16N4. The summed E-state index contributed by atoms with van der Waals surface area (Å²) >= 11 is 0. The minimum atomic E-state index is 0.632. The molecule has 1 aromatic heterocycles. The maximum atomic E-state index is 5.62. The summed E-state index contributed by atoms with van der Waals surface area (Å²) in [5.74, 6) is 1.69. The van der Waals surface area contributed by atoms with Crippen molar-refractivity contribution in [3.8, 4) is 0 Å². The lowest BCUT2D eigenvalue weighted by Crippen LogP contribution is -2.10. The highest BCUT2D eigenvalue weighted by molar-refractivity contribution is 5.30. The molecule has 1 aliphatic carbocycles. The van der Waals surface area contributed by atoms with E-state index in [1.165, 1.54) is 29.8 Å². The van der Waals surface area contributed by atoms with E-state index in [0.717, 1.165) is 25.3 Å². The molecule has 4 heteroatoms. The van der Waals surface area contributed by atoms with E-state index in [9.17, 15) is 0 Å². The van der Waals surface area contributed by atoms with E-state index in [1.54, 1.807) is 0 Å². The number of rotatable bonds is 3. The van der Waals surface area contributed by atoms with Crippen LogP contribution in [0.5, 0.6) is 0 Å². The standard InChI is InChI=1S/C11H16N4/c12-4-3-9-8-5-13-6-10(8)15-11(14-9)7-1-2-7/h7,13H,1-6,12H2. The second-order valence-electron chi connectivity index (χ2n) is 4.37. The Bertz CT molecular complexity index is 384. The summed E-state index contributed by atoms with van der Waals surface area (Å²) in [5, 5.41) is 3.33. The molecule has 1 saturated carbocycles. The van der Waals surface area contributed by atoms with Gasteiger partial charge in [0.15, 0.2) is 0 Å². The number of hydrogen-bond acceptors (Lipinski definition) is 4. The van der Waals surface area contributed by atoms with Crippen molar-refractivity contribution in [2.45, 2.75) is 38.3 Å². The monoisotopic (exact) mass is 204 g/mol. The molecule has 0 aromatic carbocycles. The highest BCUT2D eigenvalue weighted by atomic mass is 15.0. The van der Waals surface area contributed by atoms with E-state index in [1.807, 2.05) is 0 Å². The average molecular weight is 204 g/mol. The highest BCUT2D eigenvalue weighted by Gasteiger charge is 2.29. The second kappa shape index (κ2) is 3.54. The third kappa shape index (κ3) is 1.64. The van der Waals surface area contributed by atoms with E-state index >= 15 is 0 Å². The van der Waals surface area contributed by atoms with E-state index in [4.69, 9.17) is 5.73 Å². The van der Waals surface area contributed by atoms with Gasteiger partial charge < -0.3 is 11.1 Å². The average Bonchev–Trinajstić information content (AvgIpc) is 2.98. The SMILES string of the molecule is NCCc1nc(C2CC2)nc2c1CNC2. The Morgan fingerprint density at radius 2 is 2.13 bits per heavy atom. The van der Waals surface area contributed by atoms with E-state index in [-0.39, 0.29) is 0 Å². The Hall–Kier alpha value is -1.00. The van der Waals surface area contributed by atoms with Gasteiger partial charge in [0, 0.05) is 31.0 Å². The van der Waals surface area contributed by atoms with Gasteiger partial charge >= 0.3 is 0 Å². The summed E-state index contributed by atoms with van der Waals surface area (Å²) in [6.45, 7) is 2.48. The van der Waals surface area contributed by atoms with Crippen LogP contribution in [0.2, 0.25) is 0 Å². The van der Waals surface area contributed by atoms with Gasteiger partial charge in [-0.15, -0.1) is 0 Å². The fourth-order valence-electron chi connectivity index (χ4n) is 2.13. The van der Waals surface area contributed by atoms with Crippen LogP contribution in [0.3, 0.4) is 0 Å². The number of nitrogens with two attached hydrogens (primary N) is 1. The molecule has 2 heterocycles. The summed E-state index contributed by atoms with van der Waals surface area (Å²) in [4.78, 5) is 9.31. The van der Waals surface area contributed by atoms with Crippen molar-refractivity contribution in [2.24, 2.45) is 5.73 Å². The molecule has 0 unspecified atom stereocenters. The quantitative estimate of drug-likeness (QED) is 0.750. The lowest BCUT2D eigenvalue weighted by Gasteiger charge is -2.07. The molecule has 0 amide bonds. The first-order valence-electron chi connectivity index (χ1n) is 5.68. The van der Waals surface area contributed by atoms with Crippen LogP contribution >= 0.6 is 0 Å². The topological polar surface area (TPSA) is 63.8 Å². The van der Waals surface area contributed by atoms with Crippen LogP contribution in [-0.2, 0) is 19.5 Å². The molecule has 80 valence electrons. The fraction of sp³-hybridized carbons (Fsp3) is 0.636. The van der Waals surface area contributed by atoms with Crippen LogP contribution in [0.15, 0.2) is 0 Å². The maximum Gasteiger partial charge on any atom is 0.132 e. The van der Waals surface area contributed by atoms with Crippen LogP contribution < -0.4 is 11.1 Å². The summed E-state index contributed by atoms with van der Waals surface area (Å²) in [6, 6.07) is 0. The van der Waals surface area contributed by atoms with Crippen molar-refractivity contribution in [3.05, 3.63) is 22.8 Å². The number of hydrogen-bond donors (Lipinski definition) is 2. The molecule has 0 spiro atoms. The van der Waals surface area contributed by atoms with Gasteiger partial charge in [0.25, 0.3) is 0 Å². The van der Waals surface area contributed by atoms with Crippen molar-refractivity contribution in [1.29, 1.82) is 0 Å². The van der Waals surface area contributed by atoms with Crippen LogP contribution in [0, 0.1) is 0 Å². The Labute approximate surface area is 89.3 Å². The first-order chi connectivity index (χ1) is 7.38. The molecule has 3 rings (SSSR count). The van der Waals surface area contributed by atoms with Crippen LogP contribution in [0.4, 0.5) is 0 Å². The second-order valence-corrected chi connectivity index (χ2v) is 4.37. The number of nitrogens with one attached hydrogen (secondary N) is 1. The summed E-state index contributed by atoms with van der Waals surface area (Å²) < 4.78 is 0. The molecule has 0 radical (unpaired) electrons. The summed E-state index contributed by atoms with van der Waals surface area (Å²) in [5.41, 5.74) is 9.29. The van der Waals surface area contributed by atoms with Gasteiger partial charge in [0.1, 0.15) is 5.82 Å². The Morgan fingerprint density at radius 1 is 1.27 bits per heavy atom. The van der Waals surface area contributed by atoms with Crippen LogP contribution in [0.25, 0.3) is 0 Å². The van der Waals surface area contributed by atoms with Crippen molar-refractivity contribution in [1.82, 2.24) is 15.3 Å². The normalized spacial score (nSPS) is 19.3. The molecule has 4 nitrogen and oxygen atoms in total. The molecule has 1 aromatic rings. The molecule has 15 heavy (non-hydrogen) atoms. The van der Waals surface area contributed by atoms with Crippen molar-refractivity contribution in [2.75, 3.05) is 6.54 Å². The molecule has 1 fully saturated rings. The zero-order valence-corrected chi connectivity index (χ0v) is 8.79. The smallest absolute Gasteiger partial charge is 0.132 e. The van der Waals surface area contributed by atoms with Crippen LogP contribution in [0.1, 0.15) is 41.5 Å². The van der Waals surface area contributed by atoms with E-state index < -0.39 is 0 Å². The zero-order chi connectivity index (χ0) is 10.3. The highest BCUT2D eigenvalue weighted by Crippen LogP contribution is 2.38. The number of fused-ring (bicyclic) bond motifs is 1. The van der Waals surface area contributed by atoms with Crippen molar-refractivity contribution in [3.63, 3.8) is 0 Å². The molecule has 0 bridgehead atoms. The lowest BCUT2D eigenvalue weighted by atomic mass is 10.1. The van der Waals surface area contributed by atoms with Gasteiger partial charge in [0.2, 0.25) is 0 Å². The van der Waals surface area contributed by atoms with Gasteiger partial charge in [-0.1, -0.05) is 0 Å². The minimum Gasteiger partial charge on any atom is -0.330 e. The van der Waals surface area contributed by atoms with Gasteiger partial charge in [-0.25, -0.2) is 9.97 Å². The van der Waals surface area contributed by atoms with Gasteiger partial charge in [-0.3, -0.25) is 0 Å². The predicted octanol–water partition coefficient (Wildman–Crippen LogP) is 0.458. The largest absolute Gasteiger partial charge is 0.330 e. The van der Waals surface area contributed by atoms with Crippen molar-refractivity contribution >= 4 is 0 Å². The predicted molar refractivity (Wildman–Crippen MR) is 57.3 cm³/mol. The van der Waals surface area contributed by atoms with Gasteiger partial charge in [-0.05, 0) is 19.4 Å². The molecule has 3 N–H and O–H groups in total. The molecule has 1 aliphatic heterocycles. The Balaban J connectivity index is 2.02. The minimum absolute atomic E-state index is 0.632. The first kappa shape index (κ1) is 9.24. The lowest BCUT2D eigenvalue weighted by molar-refractivity contribution is 0.753. The number of aromatic nitrogens is 2. The first-order valence-corrected chi connectivity index (χ1v) is 5.68. The van der Waals surface area contributed by atoms with Gasteiger partial charge in [-0.2, -0.15) is 0 Å².